The molecule has 0 aliphatic carbocycles. The van der Waals surface area contributed by atoms with E-state index < -0.39 is 0 Å². The standard InChI is InChI=1S/C15H13N5/c1-10-17-13-7-4-8-16-15(13)20(10)9-14-18-11-5-2-3-6-12(11)19-14/h2-8H,9H2,1H3,(H,18,19). The summed E-state index contributed by atoms with van der Waals surface area (Å²) in [7, 11) is 0. The van der Waals surface area contributed by atoms with Crippen molar-refractivity contribution in [1.29, 1.82) is 0 Å². The number of para-hydroxylation sites is 2. The largest absolute Gasteiger partial charge is 0.340 e. The molecule has 1 aromatic carbocycles. The summed E-state index contributed by atoms with van der Waals surface area (Å²) >= 11 is 0. The first-order valence-electron chi connectivity index (χ1n) is 6.53. The van der Waals surface area contributed by atoms with Gasteiger partial charge in [0, 0.05) is 6.20 Å². The van der Waals surface area contributed by atoms with Crippen LogP contribution in [-0.2, 0) is 6.54 Å². The number of nitrogens with zero attached hydrogens (tertiary/aromatic N) is 4. The predicted molar refractivity (Wildman–Crippen MR) is 77.5 cm³/mol. The Morgan fingerprint density at radius 2 is 1.90 bits per heavy atom. The minimum Gasteiger partial charge on any atom is -0.340 e. The van der Waals surface area contributed by atoms with Gasteiger partial charge in [-0.3, -0.25) is 0 Å². The molecule has 98 valence electrons. The van der Waals surface area contributed by atoms with Crippen LogP contribution in [0.1, 0.15) is 11.6 Å². The minimum absolute atomic E-state index is 0.647. The first kappa shape index (κ1) is 11.2. The first-order chi connectivity index (χ1) is 9.81. The average molecular weight is 263 g/mol. The van der Waals surface area contributed by atoms with E-state index in [2.05, 4.69) is 24.5 Å². The Balaban J connectivity index is 1.82. The highest BCUT2D eigenvalue weighted by atomic mass is 15.1. The lowest BCUT2D eigenvalue weighted by atomic mass is 10.3. The summed E-state index contributed by atoms with van der Waals surface area (Å²) < 4.78 is 2.08. The van der Waals surface area contributed by atoms with Gasteiger partial charge in [-0.15, -0.1) is 0 Å². The van der Waals surface area contributed by atoms with Crippen molar-refractivity contribution in [3.05, 3.63) is 54.2 Å². The van der Waals surface area contributed by atoms with Crippen molar-refractivity contribution in [1.82, 2.24) is 24.5 Å². The Kier molecular flexibility index (Phi) is 2.32. The van der Waals surface area contributed by atoms with Crippen LogP contribution in [0.15, 0.2) is 42.6 Å². The third-order valence-corrected chi connectivity index (χ3v) is 3.44. The molecule has 0 saturated carbocycles. The van der Waals surface area contributed by atoms with Gasteiger partial charge < -0.3 is 9.55 Å². The molecule has 0 aliphatic rings. The Bertz CT molecular complexity index is 870. The van der Waals surface area contributed by atoms with Crippen LogP contribution < -0.4 is 0 Å². The SMILES string of the molecule is Cc1nc2cccnc2n1Cc1nc2ccccc2[nH]1. The van der Waals surface area contributed by atoms with Crippen molar-refractivity contribution in [2.24, 2.45) is 0 Å². The van der Waals surface area contributed by atoms with E-state index in [0.717, 1.165) is 33.8 Å². The number of aromatic amines is 1. The van der Waals surface area contributed by atoms with E-state index >= 15 is 0 Å². The second-order valence-electron chi connectivity index (χ2n) is 4.79. The molecule has 3 aromatic heterocycles. The maximum atomic E-state index is 4.60. The molecule has 4 rings (SSSR count). The molecule has 0 fully saturated rings. The topological polar surface area (TPSA) is 59.4 Å². The summed E-state index contributed by atoms with van der Waals surface area (Å²) in [6.45, 7) is 2.64. The Labute approximate surface area is 115 Å². The van der Waals surface area contributed by atoms with Crippen molar-refractivity contribution in [2.75, 3.05) is 0 Å². The Hall–Kier alpha value is -2.69. The molecule has 0 bridgehead atoms. The number of benzene rings is 1. The number of aromatic nitrogens is 5. The van der Waals surface area contributed by atoms with Crippen LogP contribution in [0.3, 0.4) is 0 Å². The molecule has 0 aliphatic heterocycles. The summed E-state index contributed by atoms with van der Waals surface area (Å²) in [5.41, 5.74) is 3.85. The molecular weight excluding hydrogens is 250 g/mol. The van der Waals surface area contributed by atoms with Gasteiger partial charge in [0.05, 0.1) is 17.6 Å². The van der Waals surface area contributed by atoms with Gasteiger partial charge in [-0.2, -0.15) is 0 Å². The molecule has 0 radical (unpaired) electrons. The Morgan fingerprint density at radius 1 is 1.05 bits per heavy atom. The normalized spacial score (nSPS) is 11.4. The summed E-state index contributed by atoms with van der Waals surface area (Å²) in [5, 5.41) is 0. The van der Waals surface area contributed by atoms with E-state index in [-0.39, 0.29) is 0 Å². The zero-order valence-corrected chi connectivity index (χ0v) is 11.0. The van der Waals surface area contributed by atoms with Crippen LogP contribution in [-0.4, -0.2) is 24.5 Å². The number of imidazole rings is 2. The maximum absolute atomic E-state index is 4.60. The average Bonchev–Trinajstić information content (AvgIpc) is 3.00. The summed E-state index contributed by atoms with van der Waals surface area (Å²) in [6.07, 6.45) is 1.79. The quantitative estimate of drug-likeness (QED) is 0.605. The van der Waals surface area contributed by atoms with Gasteiger partial charge in [-0.05, 0) is 31.2 Å². The van der Waals surface area contributed by atoms with Crippen LogP contribution in [0.25, 0.3) is 22.2 Å². The lowest BCUT2D eigenvalue weighted by Crippen LogP contribution is -2.04. The number of hydrogen-bond donors (Lipinski definition) is 1. The third-order valence-electron chi connectivity index (χ3n) is 3.44. The minimum atomic E-state index is 0.647. The second kappa shape index (κ2) is 4.16. The number of rotatable bonds is 2. The van der Waals surface area contributed by atoms with Crippen molar-refractivity contribution >= 4 is 22.2 Å². The molecule has 0 atom stereocenters. The fourth-order valence-corrected chi connectivity index (χ4v) is 2.49. The molecule has 1 N–H and O–H groups in total. The smallest absolute Gasteiger partial charge is 0.160 e. The van der Waals surface area contributed by atoms with Crippen molar-refractivity contribution in [2.45, 2.75) is 13.5 Å². The van der Waals surface area contributed by atoms with Gasteiger partial charge in [-0.1, -0.05) is 12.1 Å². The van der Waals surface area contributed by atoms with Crippen LogP contribution in [0.5, 0.6) is 0 Å². The van der Waals surface area contributed by atoms with Crippen molar-refractivity contribution < 1.29 is 0 Å². The lowest BCUT2D eigenvalue weighted by molar-refractivity contribution is 0.744. The second-order valence-corrected chi connectivity index (χ2v) is 4.79. The number of aryl methyl sites for hydroxylation is 1. The monoisotopic (exact) mass is 263 g/mol. The fourth-order valence-electron chi connectivity index (χ4n) is 2.49. The fraction of sp³-hybridized carbons (Fsp3) is 0.133. The lowest BCUT2D eigenvalue weighted by Gasteiger charge is -2.02. The van der Waals surface area contributed by atoms with Gasteiger partial charge in [-0.25, -0.2) is 15.0 Å². The number of pyridine rings is 1. The number of nitrogens with one attached hydrogen (secondary N) is 1. The number of hydrogen-bond acceptors (Lipinski definition) is 3. The molecule has 0 unspecified atom stereocenters. The van der Waals surface area contributed by atoms with E-state index in [1.165, 1.54) is 0 Å². The third kappa shape index (κ3) is 1.67. The van der Waals surface area contributed by atoms with Crippen LogP contribution in [0, 0.1) is 6.92 Å². The molecular formula is C15H13N5. The summed E-state index contributed by atoms with van der Waals surface area (Å²) in [5.74, 6) is 1.86. The highest BCUT2D eigenvalue weighted by Gasteiger charge is 2.10. The summed E-state index contributed by atoms with van der Waals surface area (Å²) in [4.78, 5) is 16.9. The predicted octanol–water partition coefficient (Wildman–Crippen LogP) is 2.66. The molecule has 3 heterocycles. The van der Waals surface area contributed by atoms with Gasteiger partial charge in [0.25, 0.3) is 0 Å². The number of fused-ring (bicyclic) bond motifs is 2. The van der Waals surface area contributed by atoms with Gasteiger partial charge in [0.1, 0.15) is 17.2 Å². The first-order valence-corrected chi connectivity index (χ1v) is 6.53. The van der Waals surface area contributed by atoms with Gasteiger partial charge in [0.15, 0.2) is 5.65 Å². The summed E-state index contributed by atoms with van der Waals surface area (Å²) in [6, 6.07) is 11.9. The van der Waals surface area contributed by atoms with E-state index in [0.29, 0.717) is 6.54 Å². The van der Waals surface area contributed by atoms with Crippen LogP contribution >= 0.6 is 0 Å². The van der Waals surface area contributed by atoms with Crippen LogP contribution in [0.4, 0.5) is 0 Å². The molecule has 4 aromatic rings. The molecule has 0 saturated heterocycles. The van der Waals surface area contributed by atoms with E-state index in [1.54, 1.807) is 6.20 Å². The van der Waals surface area contributed by atoms with E-state index in [9.17, 15) is 0 Å². The maximum Gasteiger partial charge on any atom is 0.160 e. The van der Waals surface area contributed by atoms with Gasteiger partial charge in [0.2, 0.25) is 0 Å². The zero-order valence-electron chi connectivity index (χ0n) is 11.0. The number of H-pyrrole nitrogens is 1. The zero-order chi connectivity index (χ0) is 13.5. The van der Waals surface area contributed by atoms with Crippen molar-refractivity contribution in [3.8, 4) is 0 Å². The molecule has 0 spiro atoms. The van der Waals surface area contributed by atoms with Crippen molar-refractivity contribution in [3.63, 3.8) is 0 Å². The molecule has 20 heavy (non-hydrogen) atoms. The Morgan fingerprint density at radius 3 is 2.80 bits per heavy atom. The van der Waals surface area contributed by atoms with E-state index in [1.807, 2.05) is 43.3 Å². The molecule has 0 amide bonds. The molecule has 5 heteroatoms. The van der Waals surface area contributed by atoms with Gasteiger partial charge >= 0.3 is 0 Å². The highest BCUT2D eigenvalue weighted by Crippen LogP contribution is 2.16. The van der Waals surface area contributed by atoms with Crippen LogP contribution in [0.2, 0.25) is 0 Å². The highest BCUT2D eigenvalue weighted by molar-refractivity contribution is 5.75. The molecule has 5 nitrogen and oxygen atoms in total. The van der Waals surface area contributed by atoms with E-state index in [4.69, 9.17) is 0 Å².